The summed E-state index contributed by atoms with van der Waals surface area (Å²) in [6.07, 6.45) is 0.690. The Morgan fingerprint density at radius 2 is 1.79 bits per heavy atom. The predicted octanol–water partition coefficient (Wildman–Crippen LogP) is 5.12. The maximum Gasteiger partial charge on any atom is 0.343 e. The van der Waals surface area contributed by atoms with E-state index in [0.29, 0.717) is 16.8 Å². The Kier molecular flexibility index (Phi) is 6.38. The number of anilines is 1. The van der Waals surface area contributed by atoms with Gasteiger partial charge in [0, 0.05) is 11.7 Å². The second kappa shape index (κ2) is 8.62. The Morgan fingerprint density at radius 3 is 2.36 bits per heavy atom. The van der Waals surface area contributed by atoms with Gasteiger partial charge in [-0.2, -0.15) is 13.8 Å². The monoisotopic (exact) mass is 489 g/mol. The number of halogens is 6. The molecular formula is C21H17ClF5N3O3. The van der Waals surface area contributed by atoms with Gasteiger partial charge in [0.15, 0.2) is 23.3 Å². The number of nitrogens with one attached hydrogen (secondary N) is 1. The van der Waals surface area contributed by atoms with Gasteiger partial charge in [-0.15, -0.1) is 0 Å². The topological polar surface area (TPSA) is 73.2 Å². The van der Waals surface area contributed by atoms with Crippen molar-refractivity contribution in [1.29, 1.82) is 0 Å². The van der Waals surface area contributed by atoms with E-state index >= 15 is 4.39 Å². The van der Waals surface area contributed by atoms with Crippen molar-refractivity contribution >= 4 is 34.2 Å². The number of esters is 1. The summed E-state index contributed by atoms with van der Waals surface area (Å²) in [4.78, 5) is 28.3. The molecule has 0 saturated carbocycles. The molecule has 0 bridgehead atoms. The highest BCUT2D eigenvalue weighted by molar-refractivity contribution is 6.35. The highest BCUT2D eigenvalue weighted by Crippen LogP contribution is 2.33. The molecule has 0 radical (unpaired) electrons. The highest BCUT2D eigenvalue weighted by atomic mass is 35.5. The normalized spacial score (nSPS) is 11.7. The number of fused-ring (bicyclic) bond motifs is 1. The van der Waals surface area contributed by atoms with Crippen LogP contribution in [0.1, 0.15) is 38.1 Å². The third-order valence-corrected chi connectivity index (χ3v) is 4.71. The molecule has 0 aliphatic rings. The average molecular weight is 490 g/mol. The number of pyridine rings is 2. The molecule has 0 unspecified atom stereocenters. The zero-order valence-electron chi connectivity index (χ0n) is 17.7. The summed E-state index contributed by atoms with van der Waals surface area (Å²) in [6.45, 7) is 5.95. The van der Waals surface area contributed by atoms with Crippen molar-refractivity contribution in [3.05, 3.63) is 62.3 Å². The van der Waals surface area contributed by atoms with E-state index in [1.54, 1.807) is 20.8 Å². The molecule has 0 saturated heterocycles. The Balaban J connectivity index is 2.52. The number of rotatable bonds is 4. The van der Waals surface area contributed by atoms with Crippen LogP contribution >= 0.6 is 11.6 Å². The smallest absolute Gasteiger partial charge is 0.343 e. The molecule has 3 aromatic rings. The molecule has 0 amide bonds. The van der Waals surface area contributed by atoms with Crippen LogP contribution in [0.25, 0.3) is 16.7 Å². The summed E-state index contributed by atoms with van der Waals surface area (Å²) >= 11 is 5.90. The van der Waals surface area contributed by atoms with Crippen LogP contribution in [-0.4, -0.2) is 27.7 Å². The summed E-state index contributed by atoms with van der Waals surface area (Å²) in [5.74, 6) is -10.1. The minimum Gasteiger partial charge on any atom is -0.462 e. The first-order valence-electron chi connectivity index (χ1n) is 9.51. The largest absolute Gasteiger partial charge is 0.462 e. The first kappa shape index (κ1) is 24.4. The number of carbonyl (C=O) groups excluding carboxylic acids is 1. The second-order valence-corrected chi connectivity index (χ2v) is 8.33. The molecular weight excluding hydrogens is 473 g/mol. The number of benzene rings is 1. The summed E-state index contributed by atoms with van der Waals surface area (Å²) in [7, 11) is 0. The fourth-order valence-electron chi connectivity index (χ4n) is 3.06. The number of hydrogen-bond acceptors (Lipinski definition) is 5. The predicted molar refractivity (Wildman–Crippen MR) is 111 cm³/mol. The molecule has 3 rings (SSSR count). The highest BCUT2D eigenvalue weighted by Gasteiger charge is 2.28. The van der Waals surface area contributed by atoms with Gasteiger partial charge < -0.3 is 10.1 Å². The van der Waals surface area contributed by atoms with E-state index in [-0.39, 0.29) is 6.61 Å². The van der Waals surface area contributed by atoms with Crippen LogP contribution in [0.4, 0.5) is 27.6 Å². The first-order valence-corrected chi connectivity index (χ1v) is 9.89. The molecule has 12 heteroatoms. The third-order valence-electron chi connectivity index (χ3n) is 4.37. The van der Waals surface area contributed by atoms with E-state index in [9.17, 15) is 27.2 Å². The second-order valence-electron chi connectivity index (χ2n) is 7.95. The minimum absolute atomic E-state index is 0.147. The summed E-state index contributed by atoms with van der Waals surface area (Å²) in [6, 6.07) is 0.449. The molecule has 0 aliphatic carbocycles. The number of aromatic nitrogens is 2. The van der Waals surface area contributed by atoms with Gasteiger partial charge >= 0.3 is 5.97 Å². The van der Waals surface area contributed by atoms with Gasteiger partial charge in [-0.1, -0.05) is 11.6 Å². The van der Waals surface area contributed by atoms with E-state index in [2.05, 4.69) is 10.3 Å². The van der Waals surface area contributed by atoms with Crippen LogP contribution in [0.5, 0.6) is 0 Å². The molecule has 0 fully saturated rings. The van der Waals surface area contributed by atoms with Crippen LogP contribution < -0.4 is 10.7 Å². The molecule has 0 aliphatic heterocycles. The van der Waals surface area contributed by atoms with Crippen LogP contribution in [0, 0.1) is 29.2 Å². The van der Waals surface area contributed by atoms with Gasteiger partial charge in [-0.25, -0.2) is 18.0 Å². The fraction of sp³-hybridized carbons (Fsp3) is 0.286. The summed E-state index contributed by atoms with van der Waals surface area (Å²) in [5.41, 5.74) is -4.28. The minimum atomic E-state index is -1.73. The van der Waals surface area contributed by atoms with E-state index in [1.807, 2.05) is 0 Å². The maximum atomic E-state index is 15.4. The summed E-state index contributed by atoms with van der Waals surface area (Å²) < 4.78 is 77.7. The van der Waals surface area contributed by atoms with Gasteiger partial charge in [0.05, 0.1) is 17.5 Å². The standard InChI is InChI=1S/C21H17ClF5N3O3/c1-5-33-20(32)9-7-30(16-8(17(9)31)6-10(23)12(24)11(16)22)19-14(26)15(29-21(2,3)4)13(25)18(27)28-19/h6-7H,5H2,1-4H3,(H,28,29). The molecule has 0 spiro atoms. The fourth-order valence-corrected chi connectivity index (χ4v) is 3.34. The Labute approximate surface area is 188 Å². The average Bonchev–Trinajstić information content (AvgIpc) is 2.72. The van der Waals surface area contributed by atoms with Crippen molar-refractivity contribution < 1.29 is 31.5 Å². The van der Waals surface area contributed by atoms with Crippen molar-refractivity contribution in [2.24, 2.45) is 0 Å². The van der Waals surface area contributed by atoms with Crippen molar-refractivity contribution in [1.82, 2.24) is 9.55 Å². The third kappa shape index (κ3) is 4.37. The lowest BCUT2D eigenvalue weighted by Crippen LogP contribution is -2.28. The summed E-state index contributed by atoms with van der Waals surface area (Å²) in [5, 5.41) is 0.855. The van der Waals surface area contributed by atoms with E-state index < -0.39 is 79.1 Å². The van der Waals surface area contributed by atoms with Gasteiger partial charge in [0.2, 0.25) is 11.2 Å². The number of nitrogens with zero attached hydrogens (tertiary/aromatic N) is 2. The van der Waals surface area contributed by atoms with Crippen molar-refractivity contribution in [3.63, 3.8) is 0 Å². The lowest BCUT2D eigenvalue weighted by atomic mass is 10.1. The van der Waals surface area contributed by atoms with E-state index in [4.69, 9.17) is 16.3 Å². The molecule has 2 heterocycles. The van der Waals surface area contributed by atoms with Gasteiger partial charge in [0.1, 0.15) is 16.3 Å². The van der Waals surface area contributed by atoms with Gasteiger partial charge in [-0.05, 0) is 33.8 Å². The number of hydrogen-bond donors (Lipinski definition) is 1. The molecule has 2 aromatic heterocycles. The maximum absolute atomic E-state index is 15.4. The molecule has 1 aromatic carbocycles. The lowest BCUT2D eigenvalue weighted by molar-refractivity contribution is 0.0524. The van der Waals surface area contributed by atoms with Crippen LogP contribution in [-0.2, 0) is 4.74 Å². The molecule has 33 heavy (non-hydrogen) atoms. The van der Waals surface area contributed by atoms with Crippen LogP contribution in [0.3, 0.4) is 0 Å². The SMILES string of the molecule is CCOC(=O)c1cn(-c2nc(F)c(F)c(NC(C)(C)C)c2F)c2c(Cl)c(F)c(F)cc2c1=O. The molecule has 0 atom stereocenters. The molecule has 1 N–H and O–H groups in total. The van der Waals surface area contributed by atoms with Crippen molar-refractivity contribution in [3.8, 4) is 5.82 Å². The molecule has 6 nitrogen and oxygen atoms in total. The lowest BCUT2D eigenvalue weighted by Gasteiger charge is -2.24. The Bertz CT molecular complexity index is 1350. The van der Waals surface area contributed by atoms with Gasteiger partial charge in [-0.3, -0.25) is 9.36 Å². The Morgan fingerprint density at radius 1 is 1.15 bits per heavy atom. The Hall–Kier alpha value is -3.21. The van der Waals surface area contributed by atoms with E-state index in [1.165, 1.54) is 6.92 Å². The number of carbonyl (C=O) groups is 1. The first-order chi connectivity index (χ1) is 15.3. The zero-order valence-corrected chi connectivity index (χ0v) is 18.5. The zero-order chi connectivity index (χ0) is 24.8. The van der Waals surface area contributed by atoms with Gasteiger partial charge in [0.25, 0.3) is 5.95 Å². The van der Waals surface area contributed by atoms with Crippen LogP contribution in [0.15, 0.2) is 17.1 Å². The van der Waals surface area contributed by atoms with Crippen LogP contribution in [0.2, 0.25) is 5.02 Å². The van der Waals surface area contributed by atoms with E-state index in [0.717, 1.165) is 0 Å². The quantitative estimate of drug-likeness (QED) is 0.238. The number of ether oxygens (including phenoxy) is 1. The van der Waals surface area contributed by atoms with Crippen molar-refractivity contribution in [2.45, 2.75) is 33.2 Å². The van der Waals surface area contributed by atoms with Crippen molar-refractivity contribution in [2.75, 3.05) is 11.9 Å². The molecule has 176 valence electrons.